The van der Waals surface area contributed by atoms with Crippen LogP contribution < -0.4 is 0 Å². The summed E-state index contributed by atoms with van der Waals surface area (Å²) in [6, 6.07) is 7.82. The Bertz CT molecular complexity index is 1110. The highest BCUT2D eigenvalue weighted by Crippen LogP contribution is 2.23. The Morgan fingerprint density at radius 2 is 2.18 bits per heavy atom. The Morgan fingerprint density at radius 1 is 1.32 bits per heavy atom. The predicted octanol–water partition coefficient (Wildman–Crippen LogP) is 4.14. The van der Waals surface area contributed by atoms with Crippen LogP contribution in [0.4, 0.5) is 0 Å². The van der Waals surface area contributed by atoms with Crippen molar-refractivity contribution in [2.24, 2.45) is 0 Å². The molecule has 0 fully saturated rings. The van der Waals surface area contributed by atoms with Gasteiger partial charge < -0.3 is 4.52 Å². The molecule has 9 heteroatoms. The number of nitrogens with zero attached hydrogens (tertiary/aromatic N) is 4. The van der Waals surface area contributed by atoms with Gasteiger partial charge in [0.05, 0.1) is 5.75 Å². The molecule has 0 radical (unpaired) electrons. The normalized spacial score (nSPS) is 11.2. The smallest absolute Gasteiger partial charge is 0.208 e. The van der Waals surface area contributed by atoms with E-state index in [1.165, 1.54) is 16.6 Å². The summed E-state index contributed by atoms with van der Waals surface area (Å²) in [6.45, 7) is 5.71. The van der Waals surface area contributed by atoms with Crippen molar-refractivity contribution >= 4 is 28.9 Å². The van der Waals surface area contributed by atoms with Crippen LogP contribution in [-0.2, 0) is 6.42 Å². The maximum Gasteiger partial charge on any atom is 0.208 e. The Balaban J connectivity index is 1.44. The Hall–Kier alpha value is -2.65. The minimum Gasteiger partial charge on any atom is -0.360 e. The van der Waals surface area contributed by atoms with Crippen molar-refractivity contribution in [3.05, 3.63) is 63.1 Å². The molecular weight excluding hydrogens is 394 g/mol. The van der Waals surface area contributed by atoms with Gasteiger partial charge in [-0.25, -0.2) is 4.98 Å². The first-order valence-electron chi connectivity index (χ1n) is 8.73. The highest BCUT2D eigenvalue weighted by Gasteiger charge is 2.19. The predicted molar refractivity (Wildman–Crippen MR) is 109 cm³/mol. The summed E-state index contributed by atoms with van der Waals surface area (Å²) in [5.74, 6) is 2.53. The number of carbonyl (C=O) groups is 1. The molecule has 0 saturated heterocycles. The zero-order valence-corrected chi connectivity index (χ0v) is 17.4. The summed E-state index contributed by atoms with van der Waals surface area (Å²) in [4.78, 5) is 18.5. The lowest BCUT2D eigenvalue weighted by atomic mass is 10.2. The summed E-state index contributed by atoms with van der Waals surface area (Å²) >= 11 is 3.02. The number of Topliss-reactive ketones (excluding diaryl/α,β-unsaturated/α-hetero) is 1. The van der Waals surface area contributed by atoms with Gasteiger partial charge in [-0.05, 0) is 38.3 Å². The summed E-state index contributed by atoms with van der Waals surface area (Å²) < 4.78 is 7.10. The van der Waals surface area contributed by atoms with Crippen molar-refractivity contribution in [1.29, 1.82) is 0 Å². The molecule has 0 aromatic carbocycles. The fraction of sp³-hybridized carbons (Fsp3) is 0.263. The van der Waals surface area contributed by atoms with Crippen molar-refractivity contribution in [3.8, 4) is 5.82 Å². The molecule has 0 spiro atoms. The second kappa shape index (κ2) is 7.76. The van der Waals surface area contributed by atoms with Gasteiger partial charge in [-0.15, -0.1) is 16.4 Å². The topological polar surface area (TPSA) is 89.6 Å². The number of ketones is 1. The average molecular weight is 414 g/mol. The Labute approximate surface area is 170 Å². The summed E-state index contributed by atoms with van der Waals surface area (Å²) in [5.41, 5.74) is 2.47. The van der Waals surface area contributed by atoms with Crippen molar-refractivity contribution in [1.82, 2.24) is 24.9 Å². The van der Waals surface area contributed by atoms with Crippen LogP contribution in [-0.4, -0.2) is 36.4 Å². The van der Waals surface area contributed by atoms with E-state index >= 15 is 0 Å². The van der Waals surface area contributed by atoms with Crippen LogP contribution >= 0.6 is 23.1 Å². The molecule has 4 aromatic rings. The van der Waals surface area contributed by atoms with Gasteiger partial charge in [-0.3, -0.25) is 14.5 Å². The third-order valence-corrected chi connectivity index (χ3v) is 6.07. The van der Waals surface area contributed by atoms with E-state index in [1.54, 1.807) is 11.3 Å². The van der Waals surface area contributed by atoms with Crippen LogP contribution in [0, 0.1) is 20.8 Å². The van der Waals surface area contributed by atoms with Gasteiger partial charge in [0.25, 0.3) is 0 Å². The first-order valence-corrected chi connectivity index (χ1v) is 10.6. The summed E-state index contributed by atoms with van der Waals surface area (Å²) in [7, 11) is 0. The number of aromatic amines is 1. The van der Waals surface area contributed by atoms with Crippen LogP contribution in [0.5, 0.6) is 0 Å². The SMILES string of the molecule is Cc1cc(-n2c(C)cc(C(=O)CSc3n[nH]c(Cc4cccs4)n3)c2C)no1. The van der Waals surface area contributed by atoms with Crippen LogP contribution in [0.2, 0.25) is 0 Å². The van der Waals surface area contributed by atoms with E-state index in [1.807, 2.05) is 48.9 Å². The van der Waals surface area contributed by atoms with Crippen molar-refractivity contribution < 1.29 is 9.32 Å². The highest BCUT2D eigenvalue weighted by molar-refractivity contribution is 7.99. The summed E-state index contributed by atoms with van der Waals surface area (Å²) in [5, 5.41) is 13.8. The number of rotatable bonds is 7. The minimum atomic E-state index is 0.0363. The van der Waals surface area contributed by atoms with Crippen LogP contribution in [0.25, 0.3) is 5.82 Å². The van der Waals surface area contributed by atoms with Crippen molar-refractivity contribution in [2.75, 3.05) is 5.75 Å². The van der Waals surface area contributed by atoms with Gasteiger partial charge in [0.2, 0.25) is 5.16 Å². The van der Waals surface area contributed by atoms with E-state index in [0.29, 0.717) is 16.5 Å². The van der Waals surface area contributed by atoms with Crippen LogP contribution in [0.15, 0.2) is 39.3 Å². The Morgan fingerprint density at radius 3 is 2.89 bits per heavy atom. The number of carbonyl (C=O) groups excluding carboxylic acids is 1. The molecule has 0 amide bonds. The number of thiophene rings is 1. The lowest BCUT2D eigenvalue weighted by molar-refractivity contribution is 0.102. The number of aromatic nitrogens is 5. The average Bonchev–Trinajstić information content (AvgIpc) is 3.44. The van der Waals surface area contributed by atoms with Gasteiger partial charge in [0, 0.05) is 34.3 Å². The summed E-state index contributed by atoms with van der Waals surface area (Å²) in [6.07, 6.45) is 0.720. The molecule has 7 nitrogen and oxygen atoms in total. The number of nitrogens with one attached hydrogen (secondary N) is 1. The molecule has 0 aliphatic carbocycles. The lowest BCUT2D eigenvalue weighted by Gasteiger charge is -2.04. The largest absolute Gasteiger partial charge is 0.360 e. The fourth-order valence-corrected chi connectivity index (χ4v) is 4.47. The lowest BCUT2D eigenvalue weighted by Crippen LogP contribution is -2.06. The molecule has 1 N–H and O–H groups in total. The maximum absolute atomic E-state index is 12.8. The molecule has 4 aromatic heterocycles. The second-order valence-corrected chi connectivity index (χ2v) is 8.42. The first-order chi connectivity index (χ1) is 13.5. The maximum atomic E-state index is 12.8. The molecule has 0 unspecified atom stereocenters. The van der Waals surface area contributed by atoms with Crippen LogP contribution in [0.1, 0.15) is 38.2 Å². The standard InChI is InChI=1S/C19H19N5O2S2/c1-11-7-15(13(3)24(11)18-8-12(2)26-23-18)16(25)10-28-19-20-17(21-22-19)9-14-5-4-6-27-14/h4-8H,9-10H2,1-3H3,(H,20,21,22). The van der Waals surface area contributed by atoms with Gasteiger partial charge in [0.1, 0.15) is 11.6 Å². The monoisotopic (exact) mass is 413 g/mol. The molecule has 0 saturated carbocycles. The van der Waals surface area contributed by atoms with Gasteiger partial charge in [0.15, 0.2) is 11.6 Å². The number of aryl methyl sites for hydroxylation is 2. The van der Waals surface area contributed by atoms with E-state index < -0.39 is 0 Å². The Kier molecular flexibility index (Phi) is 5.19. The quantitative estimate of drug-likeness (QED) is 0.362. The zero-order chi connectivity index (χ0) is 19.7. The number of H-pyrrole nitrogens is 1. The molecule has 144 valence electrons. The third-order valence-electron chi connectivity index (χ3n) is 4.34. The minimum absolute atomic E-state index is 0.0363. The molecule has 28 heavy (non-hydrogen) atoms. The van der Waals surface area contributed by atoms with E-state index in [-0.39, 0.29) is 11.5 Å². The highest BCUT2D eigenvalue weighted by atomic mass is 32.2. The van der Waals surface area contributed by atoms with Crippen molar-refractivity contribution in [2.45, 2.75) is 32.3 Å². The van der Waals surface area contributed by atoms with E-state index in [9.17, 15) is 4.79 Å². The van der Waals surface area contributed by atoms with Crippen molar-refractivity contribution in [3.63, 3.8) is 0 Å². The molecule has 0 aliphatic heterocycles. The van der Waals surface area contributed by atoms with Gasteiger partial charge >= 0.3 is 0 Å². The fourth-order valence-electron chi connectivity index (χ4n) is 3.06. The molecule has 4 heterocycles. The van der Waals surface area contributed by atoms with E-state index in [2.05, 4.69) is 26.4 Å². The molecule has 0 atom stereocenters. The molecule has 0 bridgehead atoms. The zero-order valence-electron chi connectivity index (χ0n) is 15.7. The number of hydrogen-bond donors (Lipinski definition) is 1. The van der Waals surface area contributed by atoms with E-state index in [4.69, 9.17) is 4.52 Å². The number of hydrogen-bond acceptors (Lipinski definition) is 7. The number of thioether (sulfide) groups is 1. The molecule has 4 rings (SSSR count). The third kappa shape index (κ3) is 3.81. The first kappa shape index (κ1) is 18.7. The van der Waals surface area contributed by atoms with Gasteiger partial charge in [-0.1, -0.05) is 23.0 Å². The van der Waals surface area contributed by atoms with E-state index in [0.717, 1.165) is 29.4 Å². The second-order valence-electron chi connectivity index (χ2n) is 6.45. The van der Waals surface area contributed by atoms with Gasteiger partial charge in [-0.2, -0.15) is 0 Å². The molecular formula is C19H19N5O2S2. The van der Waals surface area contributed by atoms with Crippen LogP contribution in [0.3, 0.4) is 0 Å². The molecule has 0 aliphatic rings.